The number of nitrogens with one attached hydrogen (secondary N) is 1. The number of tetrazole rings is 1. The van der Waals surface area contributed by atoms with Crippen LogP contribution in [-0.2, 0) is 11.8 Å². The predicted molar refractivity (Wildman–Crippen MR) is 125 cm³/mol. The van der Waals surface area contributed by atoms with Gasteiger partial charge in [-0.2, -0.15) is 4.68 Å². The molecular formula is C23H23N7O2S. The van der Waals surface area contributed by atoms with E-state index in [0.29, 0.717) is 16.5 Å². The van der Waals surface area contributed by atoms with Crippen LogP contribution in [0.2, 0.25) is 0 Å². The van der Waals surface area contributed by atoms with Crippen molar-refractivity contribution in [2.45, 2.75) is 36.2 Å². The second-order valence-electron chi connectivity index (χ2n) is 7.97. The fourth-order valence-corrected chi connectivity index (χ4v) is 4.69. The molecular weight excluding hydrogens is 438 g/mol. The molecule has 1 aliphatic rings. The molecule has 10 heteroatoms. The van der Waals surface area contributed by atoms with E-state index in [-0.39, 0.29) is 17.5 Å². The predicted octanol–water partition coefficient (Wildman–Crippen LogP) is 2.57. The second kappa shape index (κ2) is 8.70. The van der Waals surface area contributed by atoms with Gasteiger partial charge in [-0.25, -0.2) is 4.68 Å². The number of nitrogens with zero attached hydrogens (tertiary/aromatic N) is 6. The zero-order valence-electron chi connectivity index (χ0n) is 18.3. The van der Waals surface area contributed by atoms with Crippen molar-refractivity contribution in [3.8, 4) is 11.4 Å². The Morgan fingerprint density at radius 3 is 2.42 bits per heavy atom. The summed E-state index contributed by atoms with van der Waals surface area (Å²) in [6, 6.07) is 19.2. The zero-order valence-corrected chi connectivity index (χ0v) is 19.1. The van der Waals surface area contributed by atoms with Crippen molar-refractivity contribution in [3.63, 3.8) is 0 Å². The molecule has 2 aromatic heterocycles. The normalized spacial score (nSPS) is 14.2. The van der Waals surface area contributed by atoms with Crippen molar-refractivity contribution in [2.24, 2.45) is 7.05 Å². The van der Waals surface area contributed by atoms with Crippen LogP contribution in [-0.4, -0.2) is 41.5 Å². The highest BCUT2D eigenvalue weighted by molar-refractivity contribution is 8.00. The molecule has 5 rings (SSSR count). The van der Waals surface area contributed by atoms with Gasteiger partial charge in [-0.15, -0.1) is 5.10 Å². The van der Waals surface area contributed by atoms with Gasteiger partial charge < -0.3 is 5.32 Å². The highest BCUT2D eigenvalue weighted by Gasteiger charge is 2.31. The molecule has 2 aromatic carbocycles. The van der Waals surface area contributed by atoms with E-state index in [9.17, 15) is 9.59 Å². The second-order valence-corrected chi connectivity index (χ2v) is 9.05. The molecule has 4 aromatic rings. The summed E-state index contributed by atoms with van der Waals surface area (Å²) in [7, 11) is 1.82. The van der Waals surface area contributed by atoms with Crippen molar-refractivity contribution < 1.29 is 4.79 Å². The number of hydrogen-bond donors (Lipinski definition) is 1. The molecule has 168 valence electrons. The Morgan fingerprint density at radius 2 is 1.76 bits per heavy atom. The van der Waals surface area contributed by atoms with E-state index in [4.69, 9.17) is 0 Å². The molecule has 1 atom stereocenters. The van der Waals surface area contributed by atoms with E-state index in [2.05, 4.69) is 20.8 Å². The van der Waals surface area contributed by atoms with E-state index in [1.807, 2.05) is 74.6 Å². The SMILES string of the molecule is Cc1c(-n2nnnc2SC(C(=O)NC2CC2)c2ccccc2)c(=O)n(-c2ccccc2)n1C. The molecule has 0 radical (unpaired) electrons. The Balaban J connectivity index is 1.54. The number of para-hydroxylation sites is 1. The number of amides is 1. The fourth-order valence-electron chi connectivity index (χ4n) is 3.70. The fraction of sp³-hybridized carbons (Fsp3) is 0.261. The molecule has 1 amide bonds. The molecule has 0 bridgehead atoms. The molecule has 0 aliphatic heterocycles. The smallest absolute Gasteiger partial charge is 0.297 e. The Labute approximate surface area is 194 Å². The zero-order chi connectivity index (χ0) is 22.9. The third-order valence-corrected chi connectivity index (χ3v) is 6.85. The third-order valence-electron chi connectivity index (χ3n) is 5.66. The first-order chi connectivity index (χ1) is 16.0. The lowest BCUT2D eigenvalue weighted by Crippen LogP contribution is -2.30. The van der Waals surface area contributed by atoms with Crippen molar-refractivity contribution in [2.75, 3.05) is 0 Å². The van der Waals surface area contributed by atoms with Gasteiger partial charge >= 0.3 is 0 Å². The van der Waals surface area contributed by atoms with Crippen molar-refractivity contribution in [1.82, 2.24) is 34.9 Å². The van der Waals surface area contributed by atoms with Crippen molar-refractivity contribution in [1.29, 1.82) is 0 Å². The molecule has 1 aliphatic carbocycles. The molecule has 33 heavy (non-hydrogen) atoms. The van der Waals surface area contributed by atoms with Crippen molar-refractivity contribution in [3.05, 3.63) is 82.3 Å². The maximum absolute atomic E-state index is 13.4. The summed E-state index contributed by atoms with van der Waals surface area (Å²) in [4.78, 5) is 26.5. The van der Waals surface area contributed by atoms with Crippen LogP contribution in [0.5, 0.6) is 0 Å². The summed E-state index contributed by atoms with van der Waals surface area (Å²) in [5.74, 6) is -0.0882. The first-order valence-corrected chi connectivity index (χ1v) is 11.6. The highest BCUT2D eigenvalue weighted by atomic mass is 32.2. The summed E-state index contributed by atoms with van der Waals surface area (Å²) in [5.41, 5.74) is 2.41. The number of hydrogen-bond acceptors (Lipinski definition) is 6. The Bertz CT molecular complexity index is 1340. The Morgan fingerprint density at radius 1 is 1.09 bits per heavy atom. The number of rotatable bonds is 7. The third kappa shape index (κ3) is 4.09. The van der Waals surface area contributed by atoms with E-state index in [1.165, 1.54) is 16.4 Å². The molecule has 9 nitrogen and oxygen atoms in total. The minimum atomic E-state index is -0.545. The van der Waals surface area contributed by atoms with Crippen LogP contribution < -0.4 is 10.9 Å². The summed E-state index contributed by atoms with van der Waals surface area (Å²) in [6.07, 6.45) is 2.00. The van der Waals surface area contributed by atoms with Gasteiger partial charge in [-0.3, -0.25) is 14.3 Å². The minimum absolute atomic E-state index is 0.0882. The summed E-state index contributed by atoms with van der Waals surface area (Å²) >= 11 is 1.23. The highest BCUT2D eigenvalue weighted by Crippen LogP contribution is 2.36. The Hall–Kier alpha value is -3.66. The topological polar surface area (TPSA) is 99.6 Å². The van der Waals surface area contributed by atoms with Crippen molar-refractivity contribution >= 4 is 17.7 Å². The van der Waals surface area contributed by atoms with Crippen LogP contribution in [0, 0.1) is 6.92 Å². The van der Waals surface area contributed by atoms with Gasteiger partial charge in [0.2, 0.25) is 11.1 Å². The molecule has 0 saturated heterocycles. The van der Waals surface area contributed by atoms with E-state index in [1.54, 1.807) is 9.36 Å². The lowest BCUT2D eigenvalue weighted by molar-refractivity contribution is -0.120. The maximum Gasteiger partial charge on any atom is 0.297 e. The Kier molecular flexibility index (Phi) is 5.59. The first kappa shape index (κ1) is 21.2. The number of aromatic nitrogens is 6. The molecule has 1 saturated carbocycles. The van der Waals surface area contributed by atoms with E-state index < -0.39 is 5.25 Å². The van der Waals surface area contributed by atoms with Crippen LogP contribution in [0.1, 0.15) is 29.3 Å². The largest absolute Gasteiger partial charge is 0.352 e. The molecule has 1 unspecified atom stereocenters. The minimum Gasteiger partial charge on any atom is -0.352 e. The summed E-state index contributed by atoms with van der Waals surface area (Å²) < 4.78 is 4.79. The van der Waals surface area contributed by atoms with Crippen LogP contribution in [0.4, 0.5) is 0 Å². The van der Waals surface area contributed by atoms with Crippen LogP contribution in [0.3, 0.4) is 0 Å². The van der Waals surface area contributed by atoms with Crippen LogP contribution >= 0.6 is 11.8 Å². The average molecular weight is 462 g/mol. The summed E-state index contributed by atoms with van der Waals surface area (Å²) in [5, 5.41) is 15.0. The van der Waals surface area contributed by atoms with Gasteiger partial charge in [0.05, 0.1) is 11.4 Å². The number of carbonyl (C=O) groups excluding carboxylic acids is 1. The molecule has 0 spiro atoms. The quantitative estimate of drug-likeness (QED) is 0.425. The molecule has 1 fully saturated rings. The molecule has 1 N–H and O–H groups in total. The van der Waals surface area contributed by atoms with Gasteiger partial charge in [0.25, 0.3) is 5.56 Å². The number of carbonyl (C=O) groups is 1. The van der Waals surface area contributed by atoms with Crippen LogP contribution in [0.15, 0.2) is 70.6 Å². The van der Waals surface area contributed by atoms with Crippen LogP contribution in [0.25, 0.3) is 11.4 Å². The van der Waals surface area contributed by atoms with Gasteiger partial charge in [0.15, 0.2) is 5.69 Å². The monoisotopic (exact) mass is 461 g/mol. The van der Waals surface area contributed by atoms with E-state index >= 15 is 0 Å². The van der Waals surface area contributed by atoms with Gasteiger partial charge in [0, 0.05) is 13.1 Å². The standard InChI is InChI=1S/C23H23N7O2S/c1-15-19(22(32)30(28(15)2)18-11-7-4-8-12-18)29-23(25-26-27-29)33-20(16-9-5-3-6-10-16)21(31)24-17-13-14-17/h3-12,17,20H,13-14H2,1-2H3,(H,24,31). The van der Waals surface area contributed by atoms with Gasteiger partial charge in [0.1, 0.15) is 5.25 Å². The van der Waals surface area contributed by atoms with E-state index in [0.717, 1.165) is 24.1 Å². The molecule has 2 heterocycles. The first-order valence-electron chi connectivity index (χ1n) is 10.7. The average Bonchev–Trinajstić information content (AvgIpc) is 3.48. The van der Waals surface area contributed by atoms with Gasteiger partial charge in [-0.05, 0) is 47.9 Å². The maximum atomic E-state index is 13.4. The van der Waals surface area contributed by atoms with Gasteiger partial charge in [-0.1, -0.05) is 60.3 Å². The number of thioether (sulfide) groups is 1. The lowest BCUT2D eigenvalue weighted by atomic mass is 10.1. The summed E-state index contributed by atoms with van der Waals surface area (Å²) in [6.45, 7) is 1.85. The lowest BCUT2D eigenvalue weighted by Gasteiger charge is -2.16. The number of benzene rings is 2.